The van der Waals surface area contributed by atoms with E-state index in [0.29, 0.717) is 17.8 Å². The first-order chi connectivity index (χ1) is 14.7. The first-order valence-electron chi connectivity index (χ1n) is 10.3. The van der Waals surface area contributed by atoms with Gasteiger partial charge >= 0.3 is 0 Å². The minimum atomic E-state index is -3.16. The second kappa shape index (κ2) is 8.04. The Hall–Kier alpha value is -2.80. The second-order valence-electron chi connectivity index (χ2n) is 8.36. The van der Waals surface area contributed by atoms with Crippen LogP contribution in [0.15, 0.2) is 40.8 Å². The molecule has 164 valence electrons. The van der Waals surface area contributed by atoms with E-state index in [1.165, 1.54) is 0 Å². The number of sulfone groups is 1. The van der Waals surface area contributed by atoms with Crippen LogP contribution in [0.1, 0.15) is 39.2 Å². The molecule has 2 aromatic carbocycles. The molecule has 31 heavy (non-hydrogen) atoms. The lowest BCUT2D eigenvalue weighted by molar-refractivity contribution is 0.0649. The van der Waals surface area contributed by atoms with E-state index in [1.807, 2.05) is 57.2 Å². The molecule has 1 fully saturated rings. The Labute approximate surface area is 182 Å². The molecule has 1 saturated heterocycles. The summed E-state index contributed by atoms with van der Waals surface area (Å²) in [7, 11) is -1.57. The molecule has 2 heterocycles. The van der Waals surface area contributed by atoms with Crippen molar-refractivity contribution in [2.45, 2.75) is 39.8 Å². The van der Waals surface area contributed by atoms with Gasteiger partial charge < -0.3 is 14.1 Å². The van der Waals surface area contributed by atoms with E-state index in [-0.39, 0.29) is 35.8 Å². The third-order valence-electron chi connectivity index (χ3n) is 5.96. The van der Waals surface area contributed by atoms with Crippen LogP contribution >= 0.6 is 0 Å². The molecule has 0 radical (unpaired) electrons. The maximum Gasteiger partial charge on any atom is 0.290 e. The highest BCUT2D eigenvalue weighted by Crippen LogP contribution is 2.32. The van der Waals surface area contributed by atoms with Gasteiger partial charge in [-0.25, -0.2) is 8.42 Å². The summed E-state index contributed by atoms with van der Waals surface area (Å²) in [4.78, 5) is 15.3. The van der Waals surface area contributed by atoms with Gasteiger partial charge in [0.1, 0.15) is 11.3 Å². The molecule has 0 bridgehead atoms. The fourth-order valence-corrected chi connectivity index (χ4v) is 6.09. The number of rotatable bonds is 5. The monoisotopic (exact) mass is 441 g/mol. The van der Waals surface area contributed by atoms with Crippen LogP contribution in [0.5, 0.6) is 5.75 Å². The van der Waals surface area contributed by atoms with E-state index in [0.717, 1.165) is 27.6 Å². The summed E-state index contributed by atoms with van der Waals surface area (Å²) in [5, 5.41) is 0.918. The molecule has 1 aliphatic heterocycles. The first kappa shape index (κ1) is 21.4. The summed E-state index contributed by atoms with van der Waals surface area (Å²) in [5.41, 5.74) is 4.43. The van der Waals surface area contributed by atoms with Crippen molar-refractivity contribution in [3.63, 3.8) is 0 Å². The van der Waals surface area contributed by atoms with Crippen molar-refractivity contribution >= 4 is 26.7 Å². The maximum atomic E-state index is 13.7. The van der Waals surface area contributed by atoms with E-state index in [9.17, 15) is 13.2 Å². The lowest BCUT2D eigenvalue weighted by atomic mass is 10.0. The smallest absolute Gasteiger partial charge is 0.290 e. The topological polar surface area (TPSA) is 76.8 Å². The van der Waals surface area contributed by atoms with Crippen molar-refractivity contribution in [3.8, 4) is 5.75 Å². The molecule has 4 rings (SSSR count). The zero-order valence-electron chi connectivity index (χ0n) is 18.3. The van der Waals surface area contributed by atoms with E-state index in [2.05, 4.69) is 0 Å². The number of amides is 1. The average Bonchev–Trinajstić information content (AvgIpc) is 3.25. The third-order valence-corrected chi connectivity index (χ3v) is 7.71. The molecule has 6 nitrogen and oxygen atoms in total. The van der Waals surface area contributed by atoms with Gasteiger partial charge in [-0.15, -0.1) is 0 Å². The standard InChI is InChI=1S/C24H27NO5S/c1-15-10-16(2)22-21(11-15)17(3)23(30-22)24(26)25(19-8-9-31(27,28)14-19)13-18-6-5-7-20(12-18)29-4/h5-7,10-12,19H,8-9,13-14H2,1-4H3/t19-/m1/s1. The summed E-state index contributed by atoms with van der Waals surface area (Å²) >= 11 is 0. The van der Waals surface area contributed by atoms with Crippen LogP contribution in [0, 0.1) is 20.8 Å². The van der Waals surface area contributed by atoms with Gasteiger partial charge in [0.15, 0.2) is 15.6 Å². The molecule has 1 amide bonds. The molecule has 3 aromatic rings. The van der Waals surface area contributed by atoms with Gasteiger partial charge in [0, 0.05) is 23.5 Å². The Balaban J connectivity index is 1.76. The van der Waals surface area contributed by atoms with Crippen LogP contribution < -0.4 is 4.74 Å². The molecule has 0 saturated carbocycles. The van der Waals surface area contributed by atoms with Gasteiger partial charge in [0.2, 0.25) is 0 Å². The summed E-state index contributed by atoms with van der Waals surface area (Å²) in [6.45, 7) is 6.14. The number of carbonyl (C=O) groups is 1. The van der Waals surface area contributed by atoms with Gasteiger partial charge in [-0.1, -0.05) is 18.2 Å². The summed E-state index contributed by atoms with van der Waals surface area (Å²) in [6.07, 6.45) is 0.426. The summed E-state index contributed by atoms with van der Waals surface area (Å²) < 4.78 is 35.7. The van der Waals surface area contributed by atoms with Gasteiger partial charge in [0.25, 0.3) is 5.91 Å². The lowest BCUT2D eigenvalue weighted by Crippen LogP contribution is -2.40. The minimum Gasteiger partial charge on any atom is -0.497 e. The van der Waals surface area contributed by atoms with Gasteiger partial charge in [-0.3, -0.25) is 4.79 Å². The lowest BCUT2D eigenvalue weighted by Gasteiger charge is -2.28. The summed E-state index contributed by atoms with van der Waals surface area (Å²) in [6, 6.07) is 11.1. The first-order valence-corrected chi connectivity index (χ1v) is 12.2. The van der Waals surface area contributed by atoms with Crippen molar-refractivity contribution < 1.29 is 22.4 Å². The van der Waals surface area contributed by atoms with Crippen LogP contribution in [-0.4, -0.2) is 43.9 Å². The second-order valence-corrected chi connectivity index (χ2v) is 10.6. The Morgan fingerprint density at radius 3 is 2.65 bits per heavy atom. The van der Waals surface area contributed by atoms with Gasteiger partial charge in [0.05, 0.1) is 18.6 Å². The normalized spacial score (nSPS) is 17.7. The molecular weight excluding hydrogens is 414 g/mol. The number of furan rings is 1. The van der Waals surface area contributed by atoms with Crippen LogP contribution in [0.4, 0.5) is 0 Å². The third kappa shape index (κ3) is 4.19. The molecule has 0 spiro atoms. The molecule has 7 heteroatoms. The minimum absolute atomic E-state index is 0.0277. The fraction of sp³-hybridized carbons (Fsp3) is 0.375. The van der Waals surface area contributed by atoms with Crippen LogP contribution in [-0.2, 0) is 16.4 Å². The van der Waals surface area contributed by atoms with E-state index < -0.39 is 9.84 Å². The number of hydrogen-bond acceptors (Lipinski definition) is 5. The van der Waals surface area contributed by atoms with Crippen LogP contribution in [0.2, 0.25) is 0 Å². The molecule has 1 aromatic heterocycles. The molecule has 0 aliphatic carbocycles. The van der Waals surface area contributed by atoms with Crippen LogP contribution in [0.25, 0.3) is 11.0 Å². The Morgan fingerprint density at radius 2 is 1.97 bits per heavy atom. The maximum absolute atomic E-state index is 13.7. The molecule has 1 atom stereocenters. The zero-order valence-corrected chi connectivity index (χ0v) is 19.1. The highest BCUT2D eigenvalue weighted by Gasteiger charge is 2.37. The number of aryl methyl sites for hydroxylation is 3. The number of methoxy groups -OCH3 is 1. The molecule has 0 unspecified atom stereocenters. The highest BCUT2D eigenvalue weighted by molar-refractivity contribution is 7.91. The Bertz CT molecular complexity index is 1260. The SMILES string of the molecule is COc1cccc(CN(C(=O)c2oc3c(C)cc(C)cc3c2C)[C@@H]2CCS(=O)(=O)C2)c1. The van der Waals surface area contributed by atoms with Gasteiger partial charge in [-0.05, 0) is 62.1 Å². The summed E-state index contributed by atoms with van der Waals surface area (Å²) in [5.74, 6) is 0.749. The van der Waals surface area contributed by atoms with E-state index in [4.69, 9.17) is 9.15 Å². The van der Waals surface area contributed by atoms with Crippen molar-refractivity contribution in [1.82, 2.24) is 4.90 Å². The van der Waals surface area contributed by atoms with Crippen molar-refractivity contribution in [2.24, 2.45) is 0 Å². The zero-order chi connectivity index (χ0) is 22.3. The highest BCUT2D eigenvalue weighted by atomic mass is 32.2. The predicted molar refractivity (Wildman–Crippen MR) is 120 cm³/mol. The number of ether oxygens (including phenoxy) is 1. The Morgan fingerprint density at radius 1 is 1.19 bits per heavy atom. The van der Waals surface area contributed by atoms with E-state index >= 15 is 0 Å². The van der Waals surface area contributed by atoms with E-state index in [1.54, 1.807) is 12.0 Å². The number of carbonyl (C=O) groups excluding carboxylic acids is 1. The van der Waals surface area contributed by atoms with Crippen molar-refractivity contribution in [3.05, 3.63) is 64.4 Å². The fourth-order valence-electron chi connectivity index (χ4n) is 4.36. The predicted octanol–water partition coefficient (Wildman–Crippen LogP) is 4.20. The number of hydrogen-bond donors (Lipinski definition) is 0. The van der Waals surface area contributed by atoms with Crippen molar-refractivity contribution in [2.75, 3.05) is 18.6 Å². The van der Waals surface area contributed by atoms with Gasteiger partial charge in [-0.2, -0.15) is 0 Å². The molecule has 1 aliphatic rings. The van der Waals surface area contributed by atoms with Crippen molar-refractivity contribution in [1.29, 1.82) is 0 Å². The largest absolute Gasteiger partial charge is 0.497 e. The average molecular weight is 442 g/mol. The quantitative estimate of drug-likeness (QED) is 0.593. The number of fused-ring (bicyclic) bond motifs is 1. The molecule has 0 N–H and O–H groups in total. The van der Waals surface area contributed by atoms with Crippen LogP contribution in [0.3, 0.4) is 0 Å². The number of nitrogens with zero attached hydrogens (tertiary/aromatic N) is 1. The molecular formula is C24H27NO5S. The number of benzene rings is 2. The Kier molecular flexibility index (Phi) is 5.56.